The van der Waals surface area contributed by atoms with Crippen LogP contribution in [0.5, 0.6) is 0 Å². The Morgan fingerprint density at radius 3 is 2.90 bits per heavy atom. The minimum atomic E-state index is -0.553. The van der Waals surface area contributed by atoms with E-state index < -0.39 is 11.7 Å². The molecule has 0 bridgehead atoms. The second-order valence-corrected chi connectivity index (χ2v) is 5.74. The smallest absolute Gasteiger partial charge is 0.254 e. The van der Waals surface area contributed by atoms with E-state index in [1.54, 1.807) is 0 Å². The standard InChI is InChI=1S/C15H16FNO2S/c16-14-4-3-11(2-1-7-18)10-13(14)15(19)17-12-5-8-20-9-6-12/h3-4,10,12,18H,5-9H2,(H,17,19). The predicted octanol–water partition coefficient (Wildman–Crippen LogP) is 1.79. The number of rotatable bonds is 2. The van der Waals surface area contributed by atoms with Crippen molar-refractivity contribution in [3.8, 4) is 11.8 Å². The van der Waals surface area contributed by atoms with Gasteiger partial charge in [-0.2, -0.15) is 11.8 Å². The van der Waals surface area contributed by atoms with Crippen LogP contribution in [0.1, 0.15) is 28.8 Å². The summed E-state index contributed by atoms with van der Waals surface area (Å²) >= 11 is 1.87. The van der Waals surface area contributed by atoms with Gasteiger partial charge in [-0.15, -0.1) is 0 Å². The van der Waals surface area contributed by atoms with Crippen LogP contribution in [0.2, 0.25) is 0 Å². The number of benzene rings is 1. The first kappa shape index (κ1) is 14.9. The van der Waals surface area contributed by atoms with Gasteiger partial charge in [0.25, 0.3) is 5.91 Å². The molecule has 0 atom stereocenters. The molecular formula is C15H16FNO2S. The molecule has 0 radical (unpaired) electrons. The van der Waals surface area contributed by atoms with Gasteiger partial charge in [-0.3, -0.25) is 4.79 Å². The maximum absolute atomic E-state index is 13.7. The number of hydrogen-bond donors (Lipinski definition) is 2. The van der Waals surface area contributed by atoms with Crippen LogP contribution in [-0.2, 0) is 0 Å². The molecule has 0 unspecified atom stereocenters. The zero-order valence-corrected chi connectivity index (χ0v) is 11.8. The van der Waals surface area contributed by atoms with Gasteiger partial charge in [0.1, 0.15) is 12.4 Å². The Morgan fingerprint density at radius 2 is 2.20 bits per heavy atom. The first-order chi connectivity index (χ1) is 9.70. The largest absolute Gasteiger partial charge is 0.384 e. The van der Waals surface area contributed by atoms with Gasteiger partial charge < -0.3 is 10.4 Å². The average molecular weight is 293 g/mol. The van der Waals surface area contributed by atoms with E-state index in [1.165, 1.54) is 18.2 Å². The average Bonchev–Trinajstić information content (AvgIpc) is 2.47. The molecule has 1 aliphatic rings. The SMILES string of the molecule is O=C(NC1CCSCC1)c1cc(C#CCO)ccc1F. The van der Waals surface area contributed by atoms with Gasteiger partial charge in [0, 0.05) is 11.6 Å². The van der Waals surface area contributed by atoms with Crippen molar-refractivity contribution in [2.24, 2.45) is 0 Å². The molecule has 1 aliphatic heterocycles. The molecule has 5 heteroatoms. The molecule has 0 saturated carbocycles. The fourth-order valence-corrected chi connectivity index (χ4v) is 3.13. The van der Waals surface area contributed by atoms with E-state index in [2.05, 4.69) is 17.2 Å². The maximum atomic E-state index is 13.7. The third-order valence-corrected chi connectivity index (χ3v) is 4.13. The van der Waals surface area contributed by atoms with Crippen LogP contribution in [0.25, 0.3) is 0 Å². The van der Waals surface area contributed by atoms with Crippen LogP contribution in [-0.4, -0.2) is 35.2 Å². The Kier molecular flexibility index (Phi) is 5.45. The monoisotopic (exact) mass is 293 g/mol. The summed E-state index contributed by atoms with van der Waals surface area (Å²) in [5, 5.41) is 11.5. The van der Waals surface area contributed by atoms with Crippen molar-refractivity contribution in [3.63, 3.8) is 0 Å². The quantitative estimate of drug-likeness (QED) is 0.818. The molecule has 1 amide bonds. The Balaban J connectivity index is 2.11. The van der Waals surface area contributed by atoms with Gasteiger partial charge in [0.05, 0.1) is 5.56 Å². The van der Waals surface area contributed by atoms with Crippen LogP contribution in [0, 0.1) is 17.7 Å². The van der Waals surface area contributed by atoms with Crippen molar-refractivity contribution in [1.82, 2.24) is 5.32 Å². The Labute approximate surface area is 122 Å². The highest BCUT2D eigenvalue weighted by Crippen LogP contribution is 2.18. The molecule has 1 aromatic carbocycles. The summed E-state index contributed by atoms with van der Waals surface area (Å²) in [6.45, 7) is -0.265. The van der Waals surface area contributed by atoms with Crippen molar-refractivity contribution in [2.45, 2.75) is 18.9 Å². The normalized spacial score (nSPS) is 15.3. The summed E-state index contributed by atoms with van der Waals surface area (Å²) in [6, 6.07) is 4.26. The Morgan fingerprint density at radius 1 is 1.45 bits per heavy atom. The predicted molar refractivity (Wildman–Crippen MR) is 78.2 cm³/mol. The number of carbonyl (C=O) groups excluding carboxylic acids is 1. The molecular weight excluding hydrogens is 277 g/mol. The number of aliphatic hydroxyl groups excluding tert-OH is 1. The van der Waals surface area contributed by atoms with Crippen molar-refractivity contribution in [2.75, 3.05) is 18.1 Å². The van der Waals surface area contributed by atoms with Crippen molar-refractivity contribution in [1.29, 1.82) is 0 Å². The second kappa shape index (κ2) is 7.32. The molecule has 0 aromatic heterocycles. The number of hydrogen-bond acceptors (Lipinski definition) is 3. The second-order valence-electron chi connectivity index (χ2n) is 4.51. The molecule has 1 aromatic rings. The molecule has 1 saturated heterocycles. The van der Waals surface area contributed by atoms with Crippen LogP contribution < -0.4 is 5.32 Å². The lowest BCUT2D eigenvalue weighted by Gasteiger charge is -2.22. The number of amides is 1. The minimum absolute atomic E-state index is 0.00738. The lowest BCUT2D eigenvalue weighted by molar-refractivity contribution is 0.0930. The highest BCUT2D eigenvalue weighted by Gasteiger charge is 2.19. The molecule has 2 rings (SSSR count). The van der Waals surface area contributed by atoms with E-state index in [0.717, 1.165) is 24.3 Å². The van der Waals surface area contributed by atoms with Crippen molar-refractivity contribution >= 4 is 17.7 Å². The van der Waals surface area contributed by atoms with Crippen LogP contribution >= 0.6 is 11.8 Å². The minimum Gasteiger partial charge on any atom is -0.384 e. The summed E-state index contributed by atoms with van der Waals surface area (Å²) in [7, 11) is 0. The zero-order valence-electron chi connectivity index (χ0n) is 11.0. The lowest BCUT2D eigenvalue weighted by atomic mass is 10.1. The molecule has 0 aliphatic carbocycles. The van der Waals surface area contributed by atoms with Gasteiger partial charge in [-0.1, -0.05) is 11.8 Å². The number of carbonyl (C=O) groups is 1. The summed E-state index contributed by atoms with van der Waals surface area (Å²) < 4.78 is 13.7. The van der Waals surface area contributed by atoms with E-state index in [4.69, 9.17) is 5.11 Å². The van der Waals surface area contributed by atoms with Gasteiger partial charge >= 0.3 is 0 Å². The molecule has 106 valence electrons. The van der Waals surface area contributed by atoms with E-state index in [1.807, 2.05) is 11.8 Å². The summed E-state index contributed by atoms with van der Waals surface area (Å²) in [5.74, 6) is 6.25. The Hall–Kier alpha value is -1.51. The van der Waals surface area contributed by atoms with Gasteiger partial charge in [0.15, 0.2) is 0 Å². The van der Waals surface area contributed by atoms with Crippen molar-refractivity contribution < 1.29 is 14.3 Å². The first-order valence-electron chi connectivity index (χ1n) is 6.48. The number of halogens is 1. The third kappa shape index (κ3) is 3.99. The van der Waals surface area contributed by atoms with E-state index >= 15 is 0 Å². The highest BCUT2D eigenvalue weighted by molar-refractivity contribution is 7.99. The van der Waals surface area contributed by atoms with Crippen LogP contribution in [0.3, 0.4) is 0 Å². The van der Waals surface area contributed by atoms with Crippen LogP contribution in [0.15, 0.2) is 18.2 Å². The molecule has 1 heterocycles. The number of aliphatic hydroxyl groups is 1. The first-order valence-corrected chi connectivity index (χ1v) is 7.64. The molecule has 3 nitrogen and oxygen atoms in total. The number of thioether (sulfide) groups is 1. The zero-order chi connectivity index (χ0) is 14.4. The van der Waals surface area contributed by atoms with Gasteiger partial charge in [-0.05, 0) is 42.5 Å². The lowest BCUT2D eigenvalue weighted by Crippen LogP contribution is -2.37. The van der Waals surface area contributed by atoms with Gasteiger partial charge in [-0.25, -0.2) is 4.39 Å². The van der Waals surface area contributed by atoms with Gasteiger partial charge in [0.2, 0.25) is 0 Å². The molecule has 2 N–H and O–H groups in total. The van der Waals surface area contributed by atoms with Crippen molar-refractivity contribution in [3.05, 3.63) is 35.1 Å². The van der Waals surface area contributed by atoms with Crippen LogP contribution in [0.4, 0.5) is 4.39 Å². The van der Waals surface area contributed by atoms with E-state index in [9.17, 15) is 9.18 Å². The third-order valence-electron chi connectivity index (χ3n) is 3.08. The highest BCUT2D eigenvalue weighted by atomic mass is 32.2. The fraction of sp³-hybridized carbons (Fsp3) is 0.400. The number of nitrogens with one attached hydrogen (secondary N) is 1. The van der Waals surface area contributed by atoms with E-state index in [-0.39, 0.29) is 18.2 Å². The topological polar surface area (TPSA) is 49.3 Å². The maximum Gasteiger partial charge on any atom is 0.254 e. The molecule has 1 fully saturated rings. The molecule has 20 heavy (non-hydrogen) atoms. The molecule has 0 spiro atoms. The van der Waals surface area contributed by atoms with E-state index in [0.29, 0.717) is 5.56 Å². The summed E-state index contributed by atoms with van der Waals surface area (Å²) in [5.41, 5.74) is 0.526. The summed E-state index contributed by atoms with van der Waals surface area (Å²) in [4.78, 5) is 12.1. The Bertz CT molecular complexity index is 545. The fourth-order valence-electron chi connectivity index (χ4n) is 2.02. The summed E-state index contributed by atoms with van der Waals surface area (Å²) in [6.07, 6.45) is 1.84.